The quantitative estimate of drug-likeness (QED) is 0.588. The molecule has 0 fully saturated rings. The number of imide groups is 1. The van der Waals surface area contributed by atoms with Gasteiger partial charge in [-0.15, -0.1) is 0 Å². The van der Waals surface area contributed by atoms with Gasteiger partial charge in [-0.05, 0) is 6.42 Å². The number of alkyl halides is 6. The third kappa shape index (κ3) is 6.39. The van der Waals surface area contributed by atoms with Gasteiger partial charge in [0.25, 0.3) is 0 Å². The van der Waals surface area contributed by atoms with E-state index in [-0.39, 0.29) is 6.42 Å². The predicted octanol–water partition coefficient (Wildman–Crippen LogP) is 3.19. The van der Waals surface area contributed by atoms with Crippen molar-refractivity contribution < 1.29 is 35.9 Å². The highest BCUT2D eigenvalue weighted by Crippen LogP contribution is 2.25. The molecule has 0 rings (SSSR count). The van der Waals surface area contributed by atoms with Crippen LogP contribution in [0.5, 0.6) is 0 Å². The topological polar surface area (TPSA) is 37.4 Å². The fourth-order valence-corrected chi connectivity index (χ4v) is 2.59. The molecule has 0 aromatic carbocycles. The van der Waals surface area contributed by atoms with E-state index in [0.717, 1.165) is 0 Å². The summed E-state index contributed by atoms with van der Waals surface area (Å²) in [6.07, 6.45) is -11.1. The van der Waals surface area contributed by atoms with Crippen LogP contribution in [0.25, 0.3) is 0 Å². The highest BCUT2D eigenvalue weighted by Gasteiger charge is 2.51. The maximum absolute atomic E-state index is 12.2. The van der Waals surface area contributed by atoms with Gasteiger partial charge in [-0.1, -0.05) is 25.7 Å². The Labute approximate surface area is 112 Å². The number of hydrogen-bond acceptors (Lipinski definition) is 2. The molecule has 10 heteroatoms. The summed E-state index contributed by atoms with van der Waals surface area (Å²) in [4.78, 5) is 21.0. The van der Waals surface area contributed by atoms with Gasteiger partial charge in [-0.2, -0.15) is 26.3 Å². The zero-order chi connectivity index (χ0) is 16.4. The second-order valence-corrected chi connectivity index (χ2v) is 11.0. The largest absolute Gasteiger partial charge is 0.471 e. The lowest BCUT2D eigenvalue weighted by Crippen LogP contribution is -2.50. The van der Waals surface area contributed by atoms with Crippen molar-refractivity contribution in [2.75, 3.05) is 6.54 Å². The summed E-state index contributed by atoms with van der Waals surface area (Å²) < 4.78 is 73.2. The third-order valence-electron chi connectivity index (χ3n) is 2.28. The molecule has 20 heavy (non-hydrogen) atoms. The number of carbonyl (C=O) groups excluding carboxylic acids is 2. The van der Waals surface area contributed by atoms with Crippen molar-refractivity contribution >= 4 is 19.9 Å². The van der Waals surface area contributed by atoms with E-state index in [4.69, 9.17) is 0 Å². The average molecular weight is 323 g/mol. The molecule has 0 bridgehead atoms. The van der Waals surface area contributed by atoms with Gasteiger partial charge in [0.1, 0.15) is 0 Å². The first-order chi connectivity index (χ1) is 8.66. The van der Waals surface area contributed by atoms with Crippen LogP contribution in [0.4, 0.5) is 26.3 Å². The van der Waals surface area contributed by atoms with E-state index < -0.39 is 43.7 Å². The van der Waals surface area contributed by atoms with Gasteiger partial charge in [0.05, 0.1) is 0 Å². The van der Waals surface area contributed by atoms with Crippen molar-refractivity contribution in [2.45, 2.75) is 44.5 Å². The molecule has 0 aromatic rings. The fraction of sp³-hybridized carbons (Fsp3) is 0.800. The molecular formula is C10H15F6NO2Si. The molecule has 0 aliphatic heterocycles. The van der Waals surface area contributed by atoms with Crippen molar-refractivity contribution in [1.29, 1.82) is 0 Å². The zero-order valence-electron chi connectivity index (χ0n) is 11.2. The van der Waals surface area contributed by atoms with Crippen LogP contribution in [-0.2, 0) is 9.59 Å². The predicted molar refractivity (Wildman–Crippen MR) is 61.6 cm³/mol. The molecule has 0 aliphatic carbocycles. The van der Waals surface area contributed by atoms with Gasteiger partial charge in [-0.3, -0.25) is 14.5 Å². The van der Waals surface area contributed by atoms with Gasteiger partial charge in [0.15, 0.2) is 0 Å². The molecule has 0 atom stereocenters. The summed E-state index contributed by atoms with van der Waals surface area (Å²) in [6, 6.07) is 0.403. The Bertz CT molecular complexity index is 345. The van der Waals surface area contributed by atoms with E-state index in [9.17, 15) is 35.9 Å². The molecule has 0 heterocycles. The number of amides is 2. The van der Waals surface area contributed by atoms with Crippen molar-refractivity contribution in [3.05, 3.63) is 0 Å². The molecule has 0 saturated carbocycles. The van der Waals surface area contributed by atoms with Gasteiger partial charge in [0, 0.05) is 14.6 Å². The van der Waals surface area contributed by atoms with E-state index >= 15 is 0 Å². The van der Waals surface area contributed by atoms with Crippen LogP contribution in [-0.4, -0.2) is 43.7 Å². The minimum atomic E-state index is -5.51. The van der Waals surface area contributed by atoms with Crippen LogP contribution < -0.4 is 0 Å². The minimum Gasteiger partial charge on any atom is -0.267 e. The molecule has 0 saturated heterocycles. The minimum absolute atomic E-state index is 0.0840. The standard InChI is InChI=1S/C10H15F6NO2Si/c1-20(2,3)6-4-5-17(7(18)9(11,12)13)8(19)10(14,15)16/h4-6H2,1-3H3. The average Bonchev–Trinajstić information content (AvgIpc) is 2.18. The molecule has 0 spiro atoms. The molecule has 0 aliphatic rings. The van der Waals surface area contributed by atoms with Crippen LogP contribution in [0.1, 0.15) is 6.42 Å². The number of rotatable bonds is 4. The van der Waals surface area contributed by atoms with Gasteiger partial charge >= 0.3 is 24.2 Å². The molecule has 0 radical (unpaired) electrons. The summed E-state index contributed by atoms with van der Waals surface area (Å²) in [5.74, 6) is -5.56. The first kappa shape index (κ1) is 18.9. The molecular weight excluding hydrogens is 308 g/mol. The number of hydrogen-bond donors (Lipinski definition) is 0. The van der Waals surface area contributed by atoms with Crippen molar-refractivity contribution in [3.8, 4) is 0 Å². The summed E-state index contributed by atoms with van der Waals surface area (Å²) in [6.45, 7) is 4.72. The van der Waals surface area contributed by atoms with E-state index in [1.807, 2.05) is 19.6 Å². The zero-order valence-corrected chi connectivity index (χ0v) is 12.2. The highest BCUT2D eigenvalue weighted by atomic mass is 28.3. The molecule has 0 N–H and O–H groups in total. The monoisotopic (exact) mass is 323 g/mol. The Morgan fingerprint density at radius 3 is 1.50 bits per heavy atom. The number of nitrogens with zero attached hydrogens (tertiary/aromatic N) is 1. The van der Waals surface area contributed by atoms with E-state index in [1.165, 1.54) is 0 Å². The van der Waals surface area contributed by atoms with Crippen LogP contribution in [0.2, 0.25) is 25.7 Å². The molecule has 118 valence electrons. The Kier molecular flexibility index (Phi) is 5.82. The first-order valence-corrected chi connectivity index (χ1v) is 9.37. The number of carbonyl (C=O) groups is 2. The van der Waals surface area contributed by atoms with Gasteiger partial charge in [-0.25, -0.2) is 0 Å². The van der Waals surface area contributed by atoms with Crippen LogP contribution in [0.3, 0.4) is 0 Å². The lowest BCUT2D eigenvalue weighted by Gasteiger charge is -2.24. The number of halogens is 6. The Hall–Kier alpha value is -1.06. The third-order valence-corrected chi connectivity index (χ3v) is 4.14. The first-order valence-electron chi connectivity index (χ1n) is 5.66. The van der Waals surface area contributed by atoms with E-state index in [1.54, 1.807) is 0 Å². The molecule has 0 aromatic heterocycles. The lowest BCUT2D eigenvalue weighted by atomic mass is 10.3. The second-order valence-electron chi connectivity index (χ2n) is 5.42. The van der Waals surface area contributed by atoms with Crippen molar-refractivity contribution in [1.82, 2.24) is 4.90 Å². The second kappa shape index (κ2) is 6.14. The SMILES string of the molecule is C[Si](C)(C)CCCN(C(=O)C(F)(F)F)C(=O)C(F)(F)F. The summed E-state index contributed by atoms with van der Waals surface area (Å²) >= 11 is 0. The lowest BCUT2D eigenvalue weighted by molar-refractivity contribution is -0.204. The summed E-state index contributed by atoms with van der Waals surface area (Å²) in [5.41, 5.74) is 0. The van der Waals surface area contributed by atoms with Crippen LogP contribution in [0.15, 0.2) is 0 Å². The van der Waals surface area contributed by atoms with Crippen LogP contribution in [0, 0.1) is 0 Å². The molecule has 0 unspecified atom stereocenters. The van der Waals surface area contributed by atoms with Crippen molar-refractivity contribution in [2.24, 2.45) is 0 Å². The summed E-state index contributed by atoms with van der Waals surface area (Å²) in [5, 5.41) is 0. The Morgan fingerprint density at radius 1 is 0.900 bits per heavy atom. The summed E-state index contributed by atoms with van der Waals surface area (Å²) in [7, 11) is -1.70. The maximum Gasteiger partial charge on any atom is 0.471 e. The highest BCUT2D eigenvalue weighted by molar-refractivity contribution is 6.76. The molecule has 3 nitrogen and oxygen atoms in total. The maximum atomic E-state index is 12.2. The van der Waals surface area contributed by atoms with Gasteiger partial charge < -0.3 is 0 Å². The van der Waals surface area contributed by atoms with Crippen LogP contribution >= 0.6 is 0 Å². The Balaban J connectivity index is 5.01. The van der Waals surface area contributed by atoms with Gasteiger partial charge in [0.2, 0.25) is 0 Å². The Morgan fingerprint density at radius 2 is 1.25 bits per heavy atom. The smallest absolute Gasteiger partial charge is 0.267 e. The van der Waals surface area contributed by atoms with E-state index in [0.29, 0.717) is 6.04 Å². The molecule has 2 amide bonds. The fourth-order valence-electron chi connectivity index (χ4n) is 1.37. The van der Waals surface area contributed by atoms with E-state index in [2.05, 4.69) is 0 Å². The normalized spacial score (nSPS) is 13.2. The van der Waals surface area contributed by atoms with Crippen molar-refractivity contribution in [3.63, 3.8) is 0 Å².